The fourth-order valence-corrected chi connectivity index (χ4v) is 3.41. The molecule has 2 amide bonds. The van der Waals surface area contributed by atoms with Gasteiger partial charge in [0.15, 0.2) is 11.5 Å². The predicted octanol–water partition coefficient (Wildman–Crippen LogP) is 3.24. The molecule has 0 radical (unpaired) electrons. The van der Waals surface area contributed by atoms with Crippen molar-refractivity contribution >= 4 is 17.7 Å². The number of benzene rings is 1. The minimum Gasteiger partial charge on any atom is -0.493 e. The number of piperidine rings is 1. The number of nitrogens with zero attached hydrogens (tertiary/aromatic N) is 2. The molecule has 0 spiro atoms. The lowest BCUT2D eigenvalue weighted by Gasteiger charge is -2.34. The van der Waals surface area contributed by atoms with E-state index in [1.165, 1.54) is 0 Å². The van der Waals surface area contributed by atoms with E-state index in [-0.39, 0.29) is 18.5 Å². The lowest BCUT2D eigenvalue weighted by atomic mass is 9.91. The Morgan fingerprint density at radius 1 is 1.21 bits per heavy atom. The molecule has 8 heteroatoms. The predicted molar refractivity (Wildman–Crippen MR) is 107 cm³/mol. The number of urea groups is 1. The Labute approximate surface area is 169 Å². The minimum atomic E-state index is -0.870. The quantitative estimate of drug-likeness (QED) is 0.773. The van der Waals surface area contributed by atoms with E-state index in [1.54, 1.807) is 42.6 Å². The number of amides is 2. The number of methoxy groups -OCH3 is 1. The summed E-state index contributed by atoms with van der Waals surface area (Å²) in [6.07, 6.45) is 3.96. The average Bonchev–Trinajstić information content (AvgIpc) is 2.72. The Kier molecular flexibility index (Phi) is 6.54. The van der Waals surface area contributed by atoms with Crippen LogP contribution in [0.3, 0.4) is 0 Å². The number of carbonyl (C=O) groups excluding carboxylic acids is 1. The van der Waals surface area contributed by atoms with Crippen LogP contribution in [0.2, 0.25) is 0 Å². The molecule has 1 fully saturated rings. The number of aliphatic carboxylic acids is 1. The summed E-state index contributed by atoms with van der Waals surface area (Å²) in [6.45, 7) is 3.01. The van der Waals surface area contributed by atoms with Crippen molar-refractivity contribution in [3.63, 3.8) is 0 Å². The van der Waals surface area contributed by atoms with Gasteiger partial charge in [0.1, 0.15) is 6.61 Å². The minimum absolute atomic E-state index is 0.130. The zero-order chi connectivity index (χ0) is 20.8. The molecule has 1 aromatic carbocycles. The fraction of sp³-hybridized carbons (Fsp3) is 0.381. The molecule has 2 heterocycles. The van der Waals surface area contributed by atoms with Gasteiger partial charge in [-0.15, -0.1) is 0 Å². The first-order valence-corrected chi connectivity index (χ1v) is 9.44. The number of nitrogens with one attached hydrogen (secondary N) is 1. The molecule has 1 aliphatic rings. The summed E-state index contributed by atoms with van der Waals surface area (Å²) in [7, 11) is 1.55. The number of pyridine rings is 1. The molecule has 2 atom stereocenters. The van der Waals surface area contributed by atoms with E-state index >= 15 is 0 Å². The van der Waals surface area contributed by atoms with Gasteiger partial charge in [-0.3, -0.25) is 9.78 Å². The van der Waals surface area contributed by atoms with Crippen molar-refractivity contribution < 1.29 is 24.2 Å². The van der Waals surface area contributed by atoms with Gasteiger partial charge in [0.25, 0.3) is 0 Å². The average molecular weight is 399 g/mol. The Bertz CT molecular complexity index is 859. The van der Waals surface area contributed by atoms with E-state index in [9.17, 15) is 14.7 Å². The topological polar surface area (TPSA) is 101 Å². The number of ether oxygens (including phenoxy) is 2. The maximum absolute atomic E-state index is 12.7. The summed E-state index contributed by atoms with van der Waals surface area (Å²) in [5.74, 6) is -0.233. The third kappa shape index (κ3) is 5.37. The third-order valence-corrected chi connectivity index (χ3v) is 4.85. The molecular formula is C21H25N3O5. The summed E-state index contributed by atoms with van der Waals surface area (Å²) in [5, 5.41) is 12.1. The normalized spacial score (nSPS) is 18.8. The Balaban J connectivity index is 1.68. The summed E-state index contributed by atoms with van der Waals surface area (Å²) >= 11 is 0. The van der Waals surface area contributed by atoms with Crippen molar-refractivity contribution in [3.8, 4) is 11.5 Å². The van der Waals surface area contributed by atoms with Crippen molar-refractivity contribution in [1.29, 1.82) is 0 Å². The molecule has 1 aromatic heterocycles. The lowest BCUT2D eigenvalue weighted by molar-refractivity contribution is -0.143. The van der Waals surface area contributed by atoms with Gasteiger partial charge in [0.2, 0.25) is 0 Å². The van der Waals surface area contributed by atoms with Crippen LogP contribution >= 0.6 is 0 Å². The highest BCUT2D eigenvalue weighted by Gasteiger charge is 2.32. The third-order valence-electron chi connectivity index (χ3n) is 4.85. The van der Waals surface area contributed by atoms with Gasteiger partial charge < -0.3 is 24.8 Å². The van der Waals surface area contributed by atoms with Crippen molar-refractivity contribution in [1.82, 2.24) is 9.88 Å². The van der Waals surface area contributed by atoms with E-state index in [2.05, 4.69) is 10.3 Å². The van der Waals surface area contributed by atoms with E-state index in [4.69, 9.17) is 9.47 Å². The van der Waals surface area contributed by atoms with Crippen molar-refractivity contribution in [2.75, 3.05) is 25.5 Å². The first-order valence-electron chi connectivity index (χ1n) is 9.44. The molecule has 0 bridgehead atoms. The number of hydrogen-bond acceptors (Lipinski definition) is 5. The number of carbonyl (C=O) groups is 2. The Morgan fingerprint density at radius 3 is 2.66 bits per heavy atom. The van der Waals surface area contributed by atoms with Crippen LogP contribution in [0.4, 0.5) is 10.5 Å². The maximum atomic E-state index is 12.7. The van der Waals surface area contributed by atoms with Gasteiger partial charge in [-0.25, -0.2) is 4.79 Å². The Morgan fingerprint density at radius 2 is 1.97 bits per heavy atom. The number of carboxylic acid groups (broad SMARTS) is 1. The van der Waals surface area contributed by atoms with Crippen LogP contribution in [-0.2, 0) is 11.4 Å². The van der Waals surface area contributed by atoms with Crippen LogP contribution in [0, 0.1) is 11.8 Å². The van der Waals surface area contributed by atoms with E-state index in [0.29, 0.717) is 36.8 Å². The molecule has 2 aromatic rings. The molecule has 1 aliphatic heterocycles. The van der Waals surface area contributed by atoms with Gasteiger partial charge in [-0.2, -0.15) is 0 Å². The second-order valence-corrected chi connectivity index (χ2v) is 7.22. The SMILES string of the molecule is COc1ccc(NC(=O)N2CC(C)CC(C(=O)O)C2)cc1OCc1ccncc1. The first-order chi connectivity index (χ1) is 14.0. The zero-order valence-corrected chi connectivity index (χ0v) is 16.5. The van der Waals surface area contributed by atoms with Crippen LogP contribution in [0.1, 0.15) is 18.9 Å². The van der Waals surface area contributed by atoms with Crippen molar-refractivity contribution in [2.24, 2.45) is 11.8 Å². The van der Waals surface area contributed by atoms with Gasteiger partial charge in [0.05, 0.1) is 13.0 Å². The fourth-order valence-electron chi connectivity index (χ4n) is 3.41. The summed E-state index contributed by atoms with van der Waals surface area (Å²) in [5.41, 5.74) is 1.50. The molecule has 2 N–H and O–H groups in total. The molecule has 3 rings (SSSR count). The summed E-state index contributed by atoms with van der Waals surface area (Å²) in [4.78, 5) is 29.5. The molecular weight excluding hydrogens is 374 g/mol. The van der Waals surface area contributed by atoms with Crippen LogP contribution in [-0.4, -0.2) is 47.2 Å². The van der Waals surface area contributed by atoms with Gasteiger partial charge in [-0.1, -0.05) is 6.92 Å². The summed E-state index contributed by atoms with van der Waals surface area (Å²) < 4.78 is 11.2. The van der Waals surface area contributed by atoms with Crippen molar-refractivity contribution in [3.05, 3.63) is 48.3 Å². The molecule has 0 saturated carbocycles. The summed E-state index contributed by atoms with van der Waals surface area (Å²) in [6, 6.07) is 8.52. The Hall–Kier alpha value is -3.29. The van der Waals surface area contributed by atoms with Gasteiger partial charge >= 0.3 is 12.0 Å². The zero-order valence-electron chi connectivity index (χ0n) is 16.5. The first kappa shape index (κ1) is 20.4. The molecule has 154 valence electrons. The maximum Gasteiger partial charge on any atom is 0.321 e. The highest BCUT2D eigenvalue weighted by atomic mass is 16.5. The van der Waals surface area contributed by atoms with Gasteiger partial charge in [0, 0.05) is 37.2 Å². The second kappa shape index (κ2) is 9.27. The molecule has 29 heavy (non-hydrogen) atoms. The van der Waals surface area contributed by atoms with Crippen LogP contribution in [0.5, 0.6) is 11.5 Å². The standard InChI is InChI=1S/C21H25N3O5/c1-14-9-16(20(25)26)12-24(11-14)21(27)23-17-3-4-18(28-2)19(10-17)29-13-15-5-7-22-8-6-15/h3-8,10,14,16H,9,11-13H2,1-2H3,(H,23,27)(H,25,26). The molecule has 1 saturated heterocycles. The highest BCUT2D eigenvalue weighted by molar-refractivity contribution is 5.90. The number of carboxylic acids is 1. The van der Waals surface area contributed by atoms with Crippen LogP contribution in [0.15, 0.2) is 42.7 Å². The largest absolute Gasteiger partial charge is 0.493 e. The highest BCUT2D eigenvalue weighted by Crippen LogP contribution is 2.31. The van der Waals surface area contributed by atoms with Crippen LogP contribution < -0.4 is 14.8 Å². The number of hydrogen-bond donors (Lipinski definition) is 2. The number of aromatic nitrogens is 1. The number of anilines is 1. The second-order valence-electron chi connectivity index (χ2n) is 7.22. The number of rotatable bonds is 6. The molecule has 2 unspecified atom stereocenters. The smallest absolute Gasteiger partial charge is 0.321 e. The van der Waals surface area contributed by atoms with Crippen molar-refractivity contribution in [2.45, 2.75) is 20.0 Å². The lowest BCUT2D eigenvalue weighted by Crippen LogP contribution is -2.47. The van der Waals surface area contributed by atoms with Gasteiger partial charge in [-0.05, 0) is 42.2 Å². The molecule has 8 nitrogen and oxygen atoms in total. The molecule has 0 aliphatic carbocycles. The van der Waals surface area contributed by atoms with E-state index < -0.39 is 11.9 Å². The van der Waals surface area contributed by atoms with E-state index in [0.717, 1.165) is 5.56 Å². The van der Waals surface area contributed by atoms with E-state index in [1.807, 2.05) is 19.1 Å². The van der Waals surface area contributed by atoms with Crippen LogP contribution in [0.25, 0.3) is 0 Å². The number of likely N-dealkylation sites (tertiary alicyclic amines) is 1. The monoisotopic (exact) mass is 399 g/mol.